The number of hydrogen-bond acceptors (Lipinski definition) is 2. The highest BCUT2D eigenvalue weighted by Gasteiger charge is 2.01. The van der Waals surface area contributed by atoms with Crippen molar-refractivity contribution in [3.05, 3.63) is 51.5 Å². The Morgan fingerprint density at radius 1 is 1.38 bits per heavy atom. The summed E-state index contributed by atoms with van der Waals surface area (Å²) < 4.78 is 1.03. The highest BCUT2D eigenvalue weighted by Crippen LogP contribution is 2.20. The van der Waals surface area contributed by atoms with Crippen LogP contribution in [0.4, 0.5) is 0 Å². The van der Waals surface area contributed by atoms with Crippen molar-refractivity contribution in [3.63, 3.8) is 0 Å². The minimum absolute atomic E-state index is 0.704. The normalized spacial score (nSPS) is 10.6. The van der Waals surface area contributed by atoms with E-state index in [1.807, 2.05) is 24.4 Å². The molecule has 2 rings (SSSR count). The summed E-state index contributed by atoms with van der Waals surface area (Å²) in [5, 5.41) is 4.05. The fourth-order valence-corrected chi connectivity index (χ4v) is 1.98. The zero-order valence-corrected chi connectivity index (χ0v) is 10.8. The van der Waals surface area contributed by atoms with Crippen LogP contribution in [0, 0.1) is 0 Å². The number of halogens is 2. The van der Waals surface area contributed by atoms with Crippen LogP contribution in [0.25, 0.3) is 0 Å². The van der Waals surface area contributed by atoms with Crippen molar-refractivity contribution in [2.75, 3.05) is 0 Å². The first-order valence-electron chi connectivity index (χ1n) is 4.88. The van der Waals surface area contributed by atoms with Crippen molar-refractivity contribution >= 4 is 27.5 Å². The fourth-order valence-electron chi connectivity index (χ4n) is 1.39. The molecule has 0 saturated heterocycles. The summed E-state index contributed by atoms with van der Waals surface area (Å²) >= 11 is 9.49. The second kappa shape index (κ2) is 5.48. The predicted molar refractivity (Wildman–Crippen MR) is 68.3 cm³/mol. The van der Waals surface area contributed by atoms with Gasteiger partial charge >= 0.3 is 0 Å². The van der Waals surface area contributed by atoms with Crippen LogP contribution in [0.5, 0.6) is 0 Å². The van der Waals surface area contributed by atoms with Crippen molar-refractivity contribution in [1.29, 1.82) is 0 Å². The second-order valence-corrected chi connectivity index (χ2v) is 4.70. The first-order valence-corrected chi connectivity index (χ1v) is 6.05. The molecule has 0 saturated carbocycles. The summed E-state index contributed by atoms with van der Waals surface area (Å²) in [4.78, 5) is 7.16. The quantitative estimate of drug-likeness (QED) is 0.911. The molecule has 1 aromatic heterocycles. The van der Waals surface area contributed by atoms with Gasteiger partial charge in [-0.2, -0.15) is 0 Å². The van der Waals surface area contributed by atoms with Gasteiger partial charge in [0.25, 0.3) is 0 Å². The molecule has 0 atom stereocenters. The molecule has 5 heteroatoms. The topological polar surface area (TPSA) is 40.7 Å². The molecule has 16 heavy (non-hydrogen) atoms. The summed E-state index contributed by atoms with van der Waals surface area (Å²) in [6, 6.07) is 5.82. The van der Waals surface area contributed by atoms with Gasteiger partial charge in [0.1, 0.15) is 5.82 Å². The van der Waals surface area contributed by atoms with Gasteiger partial charge in [0.2, 0.25) is 0 Å². The molecule has 2 N–H and O–H groups in total. The highest BCUT2D eigenvalue weighted by atomic mass is 79.9. The van der Waals surface area contributed by atoms with Gasteiger partial charge in [-0.05, 0) is 23.8 Å². The summed E-state index contributed by atoms with van der Waals surface area (Å²) in [6.45, 7) is 1.43. The Morgan fingerprint density at radius 2 is 2.25 bits per heavy atom. The Balaban J connectivity index is 1.92. The van der Waals surface area contributed by atoms with Crippen LogP contribution < -0.4 is 5.32 Å². The van der Waals surface area contributed by atoms with E-state index in [1.165, 1.54) is 0 Å². The van der Waals surface area contributed by atoms with Gasteiger partial charge in [-0.25, -0.2) is 4.98 Å². The lowest BCUT2D eigenvalue weighted by atomic mass is 10.2. The Morgan fingerprint density at radius 3 is 3.00 bits per heavy atom. The lowest BCUT2D eigenvalue weighted by Crippen LogP contribution is -2.13. The van der Waals surface area contributed by atoms with Gasteiger partial charge in [0.15, 0.2) is 0 Å². The number of benzene rings is 1. The predicted octanol–water partition coefficient (Wildman–Crippen LogP) is 3.12. The first-order chi connectivity index (χ1) is 7.75. The van der Waals surface area contributed by atoms with Crippen LogP contribution in [0.3, 0.4) is 0 Å². The first kappa shape index (κ1) is 11.6. The molecule has 2 aromatic rings. The van der Waals surface area contributed by atoms with Gasteiger partial charge in [-0.1, -0.05) is 27.5 Å². The van der Waals surface area contributed by atoms with Gasteiger partial charge in [0, 0.05) is 28.4 Å². The van der Waals surface area contributed by atoms with Crippen molar-refractivity contribution in [2.45, 2.75) is 13.1 Å². The summed E-state index contributed by atoms with van der Waals surface area (Å²) in [6.07, 6.45) is 3.55. The number of H-pyrrole nitrogens is 1. The monoisotopic (exact) mass is 299 g/mol. The SMILES string of the molecule is Clc1ccc(Br)cc1CNCc1ncc[nH]1. The number of rotatable bonds is 4. The molecule has 1 aromatic carbocycles. The third kappa shape index (κ3) is 3.07. The van der Waals surface area contributed by atoms with E-state index < -0.39 is 0 Å². The average Bonchev–Trinajstić information content (AvgIpc) is 2.76. The molecular weight excluding hydrogens is 289 g/mol. The van der Waals surface area contributed by atoms with Gasteiger partial charge < -0.3 is 10.3 Å². The number of hydrogen-bond donors (Lipinski definition) is 2. The van der Waals surface area contributed by atoms with E-state index >= 15 is 0 Å². The highest BCUT2D eigenvalue weighted by molar-refractivity contribution is 9.10. The minimum Gasteiger partial charge on any atom is -0.348 e. The van der Waals surface area contributed by atoms with E-state index in [4.69, 9.17) is 11.6 Å². The maximum atomic E-state index is 6.07. The molecular formula is C11H11BrClN3. The Bertz CT molecular complexity index is 456. The average molecular weight is 301 g/mol. The lowest BCUT2D eigenvalue weighted by molar-refractivity contribution is 0.668. The fraction of sp³-hybridized carbons (Fsp3) is 0.182. The van der Waals surface area contributed by atoms with Crippen LogP contribution >= 0.6 is 27.5 Å². The van der Waals surface area contributed by atoms with Crippen LogP contribution in [0.2, 0.25) is 5.02 Å². The van der Waals surface area contributed by atoms with Crippen molar-refractivity contribution in [1.82, 2.24) is 15.3 Å². The smallest absolute Gasteiger partial charge is 0.120 e. The molecule has 0 amide bonds. The number of aromatic nitrogens is 2. The van der Waals surface area contributed by atoms with Crippen molar-refractivity contribution in [3.8, 4) is 0 Å². The lowest BCUT2D eigenvalue weighted by Gasteiger charge is -2.06. The van der Waals surface area contributed by atoms with E-state index in [1.54, 1.807) is 6.20 Å². The zero-order chi connectivity index (χ0) is 11.4. The minimum atomic E-state index is 0.704. The second-order valence-electron chi connectivity index (χ2n) is 3.38. The molecule has 0 bridgehead atoms. The van der Waals surface area contributed by atoms with E-state index in [2.05, 4.69) is 31.2 Å². The molecule has 0 radical (unpaired) electrons. The Hall–Kier alpha value is -0.840. The Kier molecular flexibility index (Phi) is 3.98. The molecule has 84 valence electrons. The van der Waals surface area contributed by atoms with Crippen LogP contribution in [0.15, 0.2) is 35.1 Å². The van der Waals surface area contributed by atoms with Crippen LogP contribution in [-0.2, 0) is 13.1 Å². The summed E-state index contributed by atoms with van der Waals surface area (Å²) in [5.74, 6) is 0.922. The van der Waals surface area contributed by atoms with Gasteiger partial charge in [-0.15, -0.1) is 0 Å². The van der Waals surface area contributed by atoms with E-state index in [9.17, 15) is 0 Å². The molecule has 3 nitrogen and oxygen atoms in total. The summed E-state index contributed by atoms with van der Waals surface area (Å²) in [7, 11) is 0. The van der Waals surface area contributed by atoms with Gasteiger partial charge in [0.05, 0.1) is 6.54 Å². The van der Waals surface area contributed by atoms with Crippen LogP contribution in [-0.4, -0.2) is 9.97 Å². The molecule has 0 spiro atoms. The maximum absolute atomic E-state index is 6.07. The molecule has 0 fully saturated rings. The third-order valence-corrected chi connectivity index (χ3v) is 3.03. The summed E-state index contributed by atoms with van der Waals surface area (Å²) in [5.41, 5.74) is 1.07. The zero-order valence-electron chi connectivity index (χ0n) is 8.50. The van der Waals surface area contributed by atoms with E-state index in [0.717, 1.165) is 27.4 Å². The van der Waals surface area contributed by atoms with Crippen LogP contribution in [0.1, 0.15) is 11.4 Å². The number of aromatic amines is 1. The number of nitrogens with one attached hydrogen (secondary N) is 2. The standard InChI is InChI=1S/C11H11BrClN3/c12-9-1-2-10(13)8(5-9)6-14-7-11-15-3-4-16-11/h1-5,14H,6-7H2,(H,15,16). The molecule has 1 heterocycles. The maximum Gasteiger partial charge on any atom is 0.120 e. The molecule has 0 unspecified atom stereocenters. The number of nitrogens with zero attached hydrogens (tertiary/aromatic N) is 1. The molecule has 0 aliphatic carbocycles. The van der Waals surface area contributed by atoms with Gasteiger partial charge in [-0.3, -0.25) is 0 Å². The third-order valence-electron chi connectivity index (χ3n) is 2.17. The Labute approximate surface area is 107 Å². The number of imidazole rings is 1. The van der Waals surface area contributed by atoms with E-state index in [-0.39, 0.29) is 0 Å². The molecule has 0 aliphatic rings. The van der Waals surface area contributed by atoms with E-state index in [0.29, 0.717) is 6.54 Å². The molecule has 0 aliphatic heterocycles. The van der Waals surface area contributed by atoms with Crippen molar-refractivity contribution < 1.29 is 0 Å². The largest absolute Gasteiger partial charge is 0.348 e. The van der Waals surface area contributed by atoms with Crippen molar-refractivity contribution in [2.24, 2.45) is 0 Å².